The summed E-state index contributed by atoms with van der Waals surface area (Å²) in [5.74, 6) is -1.39. The van der Waals surface area contributed by atoms with Crippen LogP contribution in [0.4, 0.5) is 18.9 Å². The lowest BCUT2D eigenvalue weighted by atomic mass is 10.1. The molecule has 0 heterocycles. The first-order valence-corrected chi connectivity index (χ1v) is 8.52. The lowest BCUT2D eigenvalue weighted by Gasteiger charge is -2.19. The molecule has 0 unspecified atom stereocenters. The molecule has 0 saturated heterocycles. The molecule has 8 heteroatoms. The molecule has 4 nitrogen and oxygen atoms in total. The molecule has 0 saturated carbocycles. The van der Waals surface area contributed by atoms with E-state index in [0.29, 0.717) is 12.0 Å². The number of nitrogens with one attached hydrogen (secondary N) is 1. The van der Waals surface area contributed by atoms with Crippen LogP contribution in [0.3, 0.4) is 0 Å². The minimum Gasteiger partial charge on any atom is -0.447 e. The molecule has 0 aliphatic heterocycles. The average Bonchev–Trinajstić information content (AvgIpc) is 2.61. The fourth-order valence-electron chi connectivity index (χ4n) is 2.29. The Morgan fingerprint density at radius 3 is 2.41 bits per heavy atom. The molecule has 1 amide bonds. The van der Waals surface area contributed by atoms with Crippen molar-refractivity contribution in [1.29, 1.82) is 0 Å². The number of amides is 1. The third-order valence-electron chi connectivity index (χ3n) is 3.60. The van der Waals surface area contributed by atoms with Gasteiger partial charge in [-0.05, 0) is 24.6 Å². The highest BCUT2D eigenvalue weighted by Crippen LogP contribution is 2.34. The number of carbonyl (C=O) groups excluding carboxylic acids is 2. The Morgan fingerprint density at radius 1 is 1.15 bits per heavy atom. The van der Waals surface area contributed by atoms with Crippen molar-refractivity contribution in [2.24, 2.45) is 0 Å². The molecule has 1 atom stereocenters. The minimum atomic E-state index is -4.59. The number of carbonyl (C=O) groups is 2. The van der Waals surface area contributed by atoms with Crippen LogP contribution in [-0.4, -0.2) is 11.9 Å². The topological polar surface area (TPSA) is 55.4 Å². The van der Waals surface area contributed by atoms with Crippen LogP contribution >= 0.6 is 11.6 Å². The van der Waals surface area contributed by atoms with Crippen molar-refractivity contribution in [3.8, 4) is 0 Å². The van der Waals surface area contributed by atoms with Crippen molar-refractivity contribution in [3.63, 3.8) is 0 Å². The van der Waals surface area contributed by atoms with E-state index in [0.717, 1.165) is 18.2 Å². The predicted octanol–water partition coefficient (Wildman–Crippen LogP) is 5.38. The number of halogens is 4. The average molecular weight is 400 g/mol. The Labute approximate surface area is 159 Å². The van der Waals surface area contributed by atoms with Crippen LogP contribution in [0.1, 0.15) is 37.0 Å². The standard InChI is InChI=1S/C19H17ClF3NO3/c1-2-6-16(25)27-17(12-7-4-3-5-8-12)18(26)24-15-11-13(19(21,22)23)9-10-14(15)20/h3-5,7-11,17H,2,6H2,1H3,(H,24,26)/t17-/m0/s1. The van der Waals surface area contributed by atoms with Crippen LogP contribution in [0.25, 0.3) is 0 Å². The summed E-state index contributed by atoms with van der Waals surface area (Å²) in [6.45, 7) is 1.78. The summed E-state index contributed by atoms with van der Waals surface area (Å²) in [5.41, 5.74) is -0.784. The van der Waals surface area contributed by atoms with Crippen LogP contribution in [0, 0.1) is 0 Å². The molecule has 144 valence electrons. The zero-order valence-electron chi connectivity index (χ0n) is 14.3. The molecule has 0 aliphatic rings. The maximum absolute atomic E-state index is 12.9. The quantitative estimate of drug-likeness (QED) is 0.663. The van der Waals surface area contributed by atoms with E-state index < -0.39 is 29.7 Å². The predicted molar refractivity (Wildman–Crippen MR) is 95.3 cm³/mol. The van der Waals surface area contributed by atoms with Crippen molar-refractivity contribution < 1.29 is 27.5 Å². The zero-order valence-corrected chi connectivity index (χ0v) is 15.1. The SMILES string of the molecule is CCCC(=O)O[C@H](C(=O)Nc1cc(C(F)(F)F)ccc1Cl)c1ccccc1. The third-order valence-corrected chi connectivity index (χ3v) is 3.93. The smallest absolute Gasteiger partial charge is 0.416 e. The Kier molecular flexibility index (Phi) is 6.85. The molecule has 0 radical (unpaired) electrons. The largest absolute Gasteiger partial charge is 0.447 e. The minimum absolute atomic E-state index is 0.0666. The van der Waals surface area contributed by atoms with E-state index in [2.05, 4.69) is 5.32 Å². The summed E-state index contributed by atoms with van der Waals surface area (Å²) < 4.78 is 43.9. The second-order valence-electron chi connectivity index (χ2n) is 5.71. The van der Waals surface area contributed by atoms with Crippen molar-refractivity contribution >= 4 is 29.2 Å². The second-order valence-corrected chi connectivity index (χ2v) is 6.12. The van der Waals surface area contributed by atoms with E-state index >= 15 is 0 Å². The first-order chi connectivity index (χ1) is 12.7. The monoisotopic (exact) mass is 399 g/mol. The van der Waals surface area contributed by atoms with Crippen molar-refractivity contribution in [1.82, 2.24) is 0 Å². The van der Waals surface area contributed by atoms with Crippen molar-refractivity contribution in [3.05, 3.63) is 64.7 Å². The van der Waals surface area contributed by atoms with E-state index in [1.807, 2.05) is 0 Å². The van der Waals surface area contributed by atoms with Gasteiger partial charge in [-0.3, -0.25) is 9.59 Å². The maximum Gasteiger partial charge on any atom is 0.416 e. The summed E-state index contributed by atoms with van der Waals surface area (Å²) >= 11 is 5.91. The van der Waals surface area contributed by atoms with Crippen LogP contribution in [0.5, 0.6) is 0 Å². The highest BCUT2D eigenvalue weighted by molar-refractivity contribution is 6.33. The summed E-state index contributed by atoms with van der Waals surface area (Å²) in [4.78, 5) is 24.5. The molecule has 0 aromatic heterocycles. The molecule has 27 heavy (non-hydrogen) atoms. The fraction of sp³-hybridized carbons (Fsp3) is 0.263. The molecule has 0 aliphatic carbocycles. The highest BCUT2D eigenvalue weighted by atomic mass is 35.5. The Morgan fingerprint density at radius 2 is 1.81 bits per heavy atom. The highest BCUT2D eigenvalue weighted by Gasteiger charge is 2.32. The van der Waals surface area contributed by atoms with Gasteiger partial charge in [0, 0.05) is 12.0 Å². The number of ether oxygens (including phenoxy) is 1. The van der Waals surface area contributed by atoms with E-state index in [1.54, 1.807) is 37.3 Å². The lowest BCUT2D eigenvalue weighted by Crippen LogP contribution is -2.26. The van der Waals surface area contributed by atoms with Crippen LogP contribution < -0.4 is 5.32 Å². The van der Waals surface area contributed by atoms with Gasteiger partial charge >= 0.3 is 12.1 Å². The molecule has 2 aromatic carbocycles. The number of esters is 1. The van der Waals surface area contributed by atoms with E-state index in [1.165, 1.54) is 0 Å². The van der Waals surface area contributed by atoms with Gasteiger partial charge in [0.1, 0.15) is 0 Å². The Bertz CT molecular complexity index is 810. The van der Waals surface area contributed by atoms with Gasteiger partial charge in [0.25, 0.3) is 5.91 Å². The Balaban J connectivity index is 2.29. The zero-order chi connectivity index (χ0) is 20.0. The van der Waals surface area contributed by atoms with E-state index in [9.17, 15) is 22.8 Å². The van der Waals surface area contributed by atoms with Gasteiger partial charge in [-0.15, -0.1) is 0 Å². The van der Waals surface area contributed by atoms with Gasteiger partial charge in [0.2, 0.25) is 6.10 Å². The number of benzene rings is 2. The molecule has 2 rings (SSSR count). The fourth-order valence-corrected chi connectivity index (χ4v) is 2.46. The van der Waals surface area contributed by atoms with E-state index in [4.69, 9.17) is 16.3 Å². The van der Waals surface area contributed by atoms with Gasteiger partial charge < -0.3 is 10.1 Å². The number of alkyl halides is 3. The van der Waals surface area contributed by atoms with Gasteiger partial charge in [0.05, 0.1) is 16.3 Å². The number of rotatable bonds is 6. The lowest BCUT2D eigenvalue weighted by molar-refractivity contribution is -0.154. The van der Waals surface area contributed by atoms with Gasteiger partial charge in [-0.2, -0.15) is 13.2 Å². The van der Waals surface area contributed by atoms with Crippen LogP contribution in [0.2, 0.25) is 5.02 Å². The van der Waals surface area contributed by atoms with Crippen LogP contribution in [0.15, 0.2) is 48.5 Å². The van der Waals surface area contributed by atoms with E-state index in [-0.39, 0.29) is 17.1 Å². The molecule has 0 spiro atoms. The number of hydrogen-bond donors (Lipinski definition) is 1. The van der Waals surface area contributed by atoms with Crippen LogP contribution in [-0.2, 0) is 20.5 Å². The number of hydrogen-bond acceptors (Lipinski definition) is 3. The second kappa shape index (κ2) is 8.90. The normalized spacial score (nSPS) is 12.3. The molecular weight excluding hydrogens is 383 g/mol. The molecule has 1 N–H and O–H groups in total. The first kappa shape index (κ1) is 20.8. The third kappa shape index (κ3) is 5.72. The maximum atomic E-state index is 12.9. The first-order valence-electron chi connectivity index (χ1n) is 8.14. The molecule has 0 fully saturated rings. The Hall–Kier alpha value is -2.54. The van der Waals surface area contributed by atoms with Crippen molar-refractivity contribution in [2.45, 2.75) is 32.0 Å². The molecule has 2 aromatic rings. The summed E-state index contributed by atoms with van der Waals surface area (Å²) in [7, 11) is 0. The molecular formula is C19H17ClF3NO3. The van der Waals surface area contributed by atoms with Gasteiger partial charge in [-0.25, -0.2) is 0 Å². The summed E-state index contributed by atoms with van der Waals surface area (Å²) in [5, 5.41) is 2.25. The molecule has 0 bridgehead atoms. The van der Waals surface area contributed by atoms with Crippen molar-refractivity contribution in [2.75, 3.05) is 5.32 Å². The summed E-state index contributed by atoms with van der Waals surface area (Å²) in [6, 6.07) is 10.8. The van der Waals surface area contributed by atoms with Gasteiger partial charge in [0.15, 0.2) is 0 Å². The number of anilines is 1. The summed E-state index contributed by atoms with van der Waals surface area (Å²) in [6.07, 6.45) is -5.25. The van der Waals surface area contributed by atoms with Gasteiger partial charge in [-0.1, -0.05) is 48.9 Å².